The van der Waals surface area contributed by atoms with Gasteiger partial charge in [0, 0.05) is 11.3 Å². The topological polar surface area (TPSA) is 33.1 Å². The largest absolute Gasteiger partial charge is 0.494 e. The van der Waals surface area contributed by atoms with E-state index in [0.29, 0.717) is 17.9 Å². The molecule has 16 heavy (non-hydrogen) atoms. The Hall–Kier alpha value is -1.38. The highest BCUT2D eigenvalue weighted by molar-refractivity contribution is 5.96. The third-order valence-electron chi connectivity index (χ3n) is 2.83. The number of benzene rings is 1. The van der Waals surface area contributed by atoms with Crippen LogP contribution in [0.3, 0.4) is 0 Å². The van der Waals surface area contributed by atoms with Gasteiger partial charge in [-0.1, -0.05) is 12.8 Å². The summed E-state index contributed by atoms with van der Waals surface area (Å²) in [6, 6.07) is 4.58. The van der Waals surface area contributed by atoms with Crippen molar-refractivity contribution in [1.82, 2.24) is 0 Å². The van der Waals surface area contributed by atoms with Crippen LogP contribution in [0.15, 0.2) is 18.2 Å². The van der Waals surface area contributed by atoms with E-state index in [4.69, 9.17) is 10.1 Å². The van der Waals surface area contributed by atoms with E-state index in [2.05, 4.69) is 0 Å². The van der Waals surface area contributed by atoms with Gasteiger partial charge in [-0.25, -0.2) is 4.39 Å². The van der Waals surface area contributed by atoms with Crippen molar-refractivity contribution < 1.29 is 9.13 Å². The van der Waals surface area contributed by atoms with Crippen molar-refractivity contribution >= 4 is 5.71 Å². The Morgan fingerprint density at radius 3 is 2.88 bits per heavy atom. The van der Waals surface area contributed by atoms with E-state index in [1.165, 1.54) is 18.9 Å². The molecule has 0 unspecified atom stereocenters. The molecule has 0 atom stereocenters. The second-order valence-corrected chi connectivity index (χ2v) is 4.35. The fourth-order valence-electron chi connectivity index (χ4n) is 1.63. The van der Waals surface area contributed by atoms with Gasteiger partial charge in [-0.3, -0.25) is 0 Å². The van der Waals surface area contributed by atoms with E-state index in [1.54, 1.807) is 19.1 Å². The minimum atomic E-state index is -0.359. The van der Waals surface area contributed by atoms with E-state index < -0.39 is 0 Å². The van der Waals surface area contributed by atoms with Crippen LogP contribution in [-0.4, -0.2) is 12.3 Å². The monoisotopic (exact) mass is 221 g/mol. The van der Waals surface area contributed by atoms with Crippen molar-refractivity contribution in [1.29, 1.82) is 5.41 Å². The van der Waals surface area contributed by atoms with Crippen molar-refractivity contribution in [2.24, 2.45) is 5.92 Å². The highest BCUT2D eigenvalue weighted by atomic mass is 19.1. The minimum absolute atomic E-state index is 0.227. The van der Waals surface area contributed by atoms with E-state index in [1.807, 2.05) is 0 Å². The number of nitrogens with one attached hydrogen (secondary N) is 1. The van der Waals surface area contributed by atoms with Crippen LogP contribution in [0, 0.1) is 17.1 Å². The van der Waals surface area contributed by atoms with Gasteiger partial charge < -0.3 is 10.1 Å². The first-order chi connectivity index (χ1) is 7.66. The standard InChI is InChI=1S/C13H16FNO/c1-9(15)12-8-11(4-5-13(12)14)16-7-6-10-2-3-10/h4-5,8,10,15H,2-3,6-7H2,1H3. The second-order valence-electron chi connectivity index (χ2n) is 4.35. The van der Waals surface area contributed by atoms with Gasteiger partial charge in [0.05, 0.1) is 6.61 Å². The Bertz CT molecular complexity index is 399. The van der Waals surface area contributed by atoms with Gasteiger partial charge in [-0.15, -0.1) is 0 Å². The molecule has 0 bridgehead atoms. The maximum Gasteiger partial charge on any atom is 0.132 e. The molecule has 1 N–H and O–H groups in total. The quantitative estimate of drug-likeness (QED) is 0.759. The lowest BCUT2D eigenvalue weighted by Gasteiger charge is -2.08. The number of ether oxygens (including phenoxy) is 1. The predicted molar refractivity (Wildman–Crippen MR) is 61.7 cm³/mol. The van der Waals surface area contributed by atoms with Crippen LogP contribution < -0.4 is 4.74 Å². The summed E-state index contributed by atoms with van der Waals surface area (Å²) in [6.07, 6.45) is 3.71. The molecule has 0 radical (unpaired) electrons. The van der Waals surface area contributed by atoms with Crippen LogP contribution in [0.4, 0.5) is 4.39 Å². The highest BCUT2D eigenvalue weighted by Gasteiger charge is 2.20. The van der Waals surface area contributed by atoms with E-state index in [0.717, 1.165) is 12.3 Å². The van der Waals surface area contributed by atoms with Crippen molar-refractivity contribution in [2.45, 2.75) is 26.2 Å². The summed E-state index contributed by atoms with van der Waals surface area (Å²) in [6.45, 7) is 2.26. The Balaban J connectivity index is 1.97. The Labute approximate surface area is 94.9 Å². The zero-order chi connectivity index (χ0) is 11.5. The first kappa shape index (κ1) is 11.1. The van der Waals surface area contributed by atoms with Gasteiger partial charge >= 0.3 is 0 Å². The fraction of sp³-hybridized carbons (Fsp3) is 0.462. The number of halogens is 1. The molecule has 86 valence electrons. The maximum absolute atomic E-state index is 13.3. The van der Waals surface area contributed by atoms with Gasteiger partial charge in [-0.2, -0.15) is 0 Å². The van der Waals surface area contributed by atoms with Gasteiger partial charge in [0.1, 0.15) is 11.6 Å². The van der Waals surface area contributed by atoms with Crippen LogP contribution >= 0.6 is 0 Å². The number of hydrogen-bond acceptors (Lipinski definition) is 2. The van der Waals surface area contributed by atoms with Crippen LogP contribution in [0.1, 0.15) is 31.7 Å². The fourth-order valence-corrected chi connectivity index (χ4v) is 1.63. The molecule has 1 saturated carbocycles. The molecule has 0 aromatic heterocycles. The highest BCUT2D eigenvalue weighted by Crippen LogP contribution is 2.32. The summed E-state index contributed by atoms with van der Waals surface area (Å²) in [5.74, 6) is 1.13. The predicted octanol–water partition coefficient (Wildman–Crippen LogP) is 3.39. The van der Waals surface area contributed by atoms with E-state index in [-0.39, 0.29) is 11.5 Å². The third kappa shape index (κ3) is 2.81. The molecule has 0 heterocycles. The lowest BCUT2D eigenvalue weighted by Crippen LogP contribution is -2.01. The average molecular weight is 221 g/mol. The van der Waals surface area contributed by atoms with Gasteiger partial charge in [-0.05, 0) is 37.5 Å². The smallest absolute Gasteiger partial charge is 0.132 e. The van der Waals surface area contributed by atoms with Crippen LogP contribution in [0.25, 0.3) is 0 Å². The van der Waals surface area contributed by atoms with Crippen molar-refractivity contribution in [2.75, 3.05) is 6.61 Å². The molecule has 0 aliphatic heterocycles. The van der Waals surface area contributed by atoms with Crippen molar-refractivity contribution in [3.63, 3.8) is 0 Å². The summed E-state index contributed by atoms with van der Waals surface area (Å²) in [4.78, 5) is 0. The molecule has 2 rings (SSSR count). The zero-order valence-electron chi connectivity index (χ0n) is 9.42. The lowest BCUT2D eigenvalue weighted by molar-refractivity contribution is 0.302. The molecule has 0 spiro atoms. The SMILES string of the molecule is CC(=N)c1cc(OCCC2CC2)ccc1F. The molecule has 3 heteroatoms. The molecule has 1 fully saturated rings. The first-order valence-corrected chi connectivity index (χ1v) is 5.64. The van der Waals surface area contributed by atoms with Crippen molar-refractivity contribution in [3.05, 3.63) is 29.6 Å². The Kier molecular flexibility index (Phi) is 3.22. The van der Waals surface area contributed by atoms with Gasteiger partial charge in [0.25, 0.3) is 0 Å². The molecule has 0 saturated heterocycles. The molecule has 1 aliphatic rings. The lowest BCUT2D eigenvalue weighted by atomic mass is 10.1. The molecule has 1 aromatic carbocycles. The third-order valence-corrected chi connectivity index (χ3v) is 2.83. The van der Waals surface area contributed by atoms with Crippen LogP contribution in [-0.2, 0) is 0 Å². The molecule has 1 aromatic rings. The number of hydrogen-bond donors (Lipinski definition) is 1. The van der Waals surface area contributed by atoms with Crippen molar-refractivity contribution in [3.8, 4) is 5.75 Å². The Morgan fingerprint density at radius 1 is 1.50 bits per heavy atom. The molecular formula is C13H16FNO. The molecule has 1 aliphatic carbocycles. The molecular weight excluding hydrogens is 205 g/mol. The summed E-state index contributed by atoms with van der Waals surface area (Å²) < 4.78 is 18.8. The summed E-state index contributed by atoms with van der Waals surface area (Å²) >= 11 is 0. The summed E-state index contributed by atoms with van der Waals surface area (Å²) in [5, 5.41) is 7.43. The summed E-state index contributed by atoms with van der Waals surface area (Å²) in [7, 11) is 0. The van der Waals surface area contributed by atoms with Gasteiger partial charge in [0.2, 0.25) is 0 Å². The van der Waals surface area contributed by atoms with E-state index >= 15 is 0 Å². The normalized spacial score (nSPS) is 14.9. The minimum Gasteiger partial charge on any atom is -0.494 e. The second kappa shape index (κ2) is 4.64. The van der Waals surface area contributed by atoms with Gasteiger partial charge in [0.15, 0.2) is 0 Å². The summed E-state index contributed by atoms with van der Waals surface area (Å²) in [5.41, 5.74) is 0.550. The van der Waals surface area contributed by atoms with Crippen LogP contribution in [0.5, 0.6) is 5.75 Å². The number of rotatable bonds is 5. The Morgan fingerprint density at radius 2 is 2.25 bits per heavy atom. The van der Waals surface area contributed by atoms with Crippen LogP contribution in [0.2, 0.25) is 0 Å². The zero-order valence-corrected chi connectivity index (χ0v) is 9.42. The average Bonchev–Trinajstić information content (AvgIpc) is 3.04. The molecule has 2 nitrogen and oxygen atoms in total. The maximum atomic E-state index is 13.3. The molecule has 0 amide bonds. The van der Waals surface area contributed by atoms with E-state index in [9.17, 15) is 4.39 Å². The first-order valence-electron chi connectivity index (χ1n) is 5.64.